The lowest BCUT2D eigenvalue weighted by Gasteiger charge is -2.04. The molecule has 0 fully saturated rings. The molecule has 0 aromatic heterocycles. The molecule has 1 aromatic rings. The van der Waals surface area contributed by atoms with Crippen molar-refractivity contribution in [3.8, 4) is 11.5 Å². The van der Waals surface area contributed by atoms with Gasteiger partial charge in [0.05, 0.1) is 7.11 Å². The van der Waals surface area contributed by atoms with Crippen LogP contribution in [0.2, 0.25) is 0 Å². The predicted octanol–water partition coefficient (Wildman–Crippen LogP) is 1.08. The summed E-state index contributed by atoms with van der Waals surface area (Å²) in [5.74, 6) is 0.353. The third kappa shape index (κ3) is 1.39. The van der Waals surface area contributed by atoms with E-state index in [-0.39, 0.29) is 0 Å². The van der Waals surface area contributed by atoms with Crippen molar-refractivity contribution in [3.05, 3.63) is 23.8 Å². The third-order valence-electron chi connectivity index (χ3n) is 2.22. The molecule has 1 aliphatic rings. The van der Waals surface area contributed by atoms with Crippen LogP contribution < -0.4 is 9.47 Å². The Kier molecular flexibility index (Phi) is 2.04. The van der Waals surface area contributed by atoms with Gasteiger partial charge in [0.2, 0.25) is 0 Å². The molecule has 74 valence electrons. The van der Waals surface area contributed by atoms with Crippen molar-refractivity contribution in [3.63, 3.8) is 0 Å². The highest BCUT2D eigenvalue weighted by Gasteiger charge is 2.28. The minimum atomic E-state index is -0.930. The van der Waals surface area contributed by atoms with Crippen LogP contribution in [0, 0.1) is 0 Å². The van der Waals surface area contributed by atoms with E-state index in [1.807, 2.05) is 6.07 Å². The van der Waals surface area contributed by atoms with Gasteiger partial charge in [0.1, 0.15) is 11.5 Å². The van der Waals surface area contributed by atoms with Crippen LogP contribution in [-0.4, -0.2) is 24.3 Å². The van der Waals surface area contributed by atoms with Gasteiger partial charge in [-0.3, -0.25) is 0 Å². The van der Waals surface area contributed by atoms with Crippen LogP contribution in [0.15, 0.2) is 18.2 Å². The Morgan fingerprint density at radius 3 is 3.07 bits per heavy atom. The van der Waals surface area contributed by atoms with Gasteiger partial charge in [-0.1, -0.05) is 6.07 Å². The monoisotopic (exact) mass is 194 g/mol. The molecule has 1 heterocycles. The van der Waals surface area contributed by atoms with Crippen LogP contribution in [-0.2, 0) is 11.2 Å². The van der Waals surface area contributed by atoms with Crippen LogP contribution in [0.5, 0.6) is 11.5 Å². The number of carboxylic acids is 1. The molecule has 1 atom stereocenters. The Labute approximate surface area is 81.1 Å². The number of aliphatic carboxylic acids is 1. The summed E-state index contributed by atoms with van der Waals surface area (Å²) in [5.41, 5.74) is 0.915. The first-order valence-corrected chi connectivity index (χ1v) is 4.27. The highest BCUT2D eigenvalue weighted by Crippen LogP contribution is 2.32. The average Bonchev–Trinajstić information content (AvgIpc) is 2.59. The topological polar surface area (TPSA) is 55.8 Å². The summed E-state index contributed by atoms with van der Waals surface area (Å²) in [6.07, 6.45) is -0.327. The van der Waals surface area contributed by atoms with E-state index in [9.17, 15) is 4.79 Å². The zero-order valence-corrected chi connectivity index (χ0v) is 7.69. The van der Waals surface area contributed by atoms with Crippen molar-refractivity contribution in [1.82, 2.24) is 0 Å². The number of methoxy groups -OCH3 is 1. The van der Waals surface area contributed by atoms with Gasteiger partial charge in [-0.05, 0) is 11.6 Å². The van der Waals surface area contributed by atoms with Crippen molar-refractivity contribution in [2.45, 2.75) is 12.5 Å². The first-order valence-electron chi connectivity index (χ1n) is 4.27. The van der Waals surface area contributed by atoms with E-state index in [1.54, 1.807) is 19.2 Å². The highest BCUT2D eigenvalue weighted by atomic mass is 16.5. The number of rotatable bonds is 2. The minimum absolute atomic E-state index is 0.425. The summed E-state index contributed by atoms with van der Waals surface area (Å²) in [7, 11) is 1.56. The molecule has 0 radical (unpaired) electrons. The molecule has 0 saturated heterocycles. The number of carboxylic acid groups (broad SMARTS) is 1. The molecule has 4 nitrogen and oxygen atoms in total. The van der Waals surface area contributed by atoms with Gasteiger partial charge in [0.25, 0.3) is 0 Å². The average molecular weight is 194 g/mol. The molecule has 0 spiro atoms. The summed E-state index contributed by atoms with van der Waals surface area (Å²) in [5, 5.41) is 8.76. The number of benzene rings is 1. The second-order valence-corrected chi connectivity index (χ2v) is 3.12. The van der Waals surface area contributed by atoms with E-state index in [4.69, 9.17) is 14.6 Å². The number of ether oxygens (including phenoxy) is 2. The zero-order valence-electron chi connectivity index (χ0n) is 7.69. The first-order chi connectivity index (χ1) is 6.70. The van der Waals surface area contributed by atoms with Crippen molar-refractivity contribution in [1.29, 1.82) is 0 Å². The third-order valence-corrected chi connectivity index (χ3v) is 2.22. The quantitative estimate of drug-likeness (QED) is 0.765. The lowest BCUT2D eigenvalue weighted by Crippen LogP contribution is -2.24. The Bertz CT molecular complexity index is 372. The Morgan fingerprint density at radius 1 is 1.64 bits per heavy atom. The number of carbonyl (C=O) groups is 1. The second kappa shape index (κ2) is 3.21. The van der Waals surface area contributed by atoms with Gasteiger partial charge in [-0.2, -0.15) is 0 Å². The molecule has 4 heteroatoms. The Hall–Kier alpha value is -1.71. The molecular weight excluding hydrogens is 184 g/mol. The summed E-state index contributed by atoms with van der Waals surface area (Å²) >= 11 is 0. The van der Waals surface area contributed by atoms with Gasteiger partial charge < -0.3 is 14.6 Å². The fourth-order valence-corrected chi connectivity index (χ4v) is 1.47. The van der Waals surface area contributed by atoms with Crippen molar-refractivity contribution in [2.75, 3.05) is 7.11 Å². The fourth-order valence-electron chi connectivity index (χ4n) is 1.47. The van der Waals surface area contributed by atoms with Crippen LogP contribution in [0.1, 0.15) is 5.56 Å². The van der Waals surface area contributed by atoms with Crippen molar-refractivity contribution >= 4 is 5.97 Å². The Balaban J connectivity index is 2.27. The normalized spacial score (nSPS) is 18.5. The summed E-state index contributed by atoms with van der Waals surface area (Å²) in [6.45, 7) is 0. The van der Waals surface area contributed by atoms with E-state index in [2.05, 4.69) is 0 Å². The molecule has 0 amide bonds. The standard InChI is InChI=1S/C10H10O4/c1-13-7-3-2-6-4-9(10(11)12)14-8(6)5-7/h2-3,5,9H,4H2,1H3,(H,11,12)/t9-/m0/s1. The smallest absolute Gasteiger partial charge is 0.345 e. The molecule has 0 aliphatic carbocycles. The molecule has 1 aromatic carbocycles. The van der Waals surface area contributed by atoms with Crippen LogP contribution in [0.3, 0.4) is 0 Å². The zero-order chi connectivity index (χ0) is 10.1. The Morgan fingerprint density at radius 2 is 2.43 bits per heavy atom. The van der Waals surface area contributed by atoms with E-state index in [0.29, 0.717) is 17.9 Å². The maximum Gasteiger partial charge on any atom is 0.345 e. The van der Waals surface area contributed by atoms with E-state index >= 15 is 0 Å². The first kappa shape index (κ1) is 8.87. The van der Waals surface area contributed by atoms with Gasteiger partial charge in [0.15, 0.2) is 6.10 Å². The molecule has 0 bridgehead atoms. The minimum Gasteiger partial charge on any atom is -0.497 e. The maximum absolute atomic E-state index is 10.7. The molecular formula is C10H10O4. The molecule has 2 rings (SSSR count). The van der Waals surface area contributed by atoms with Crippen molar-refractivity contribution < 1.29 is 19.4 Å². The summed E-state index contributed by atoms with van der Waals surface area (Å²) in [4.78, 5) is 10.7. The number of fused-ring (bicyclic) bond motifs is 1. The summed E-state index contributed by atoms with van der Waals surface area (Å²) in [6, 6.07) is 5.34. The van der Waals surface area contributed by atoms with E-state index < -0.39 is 12.1 Å². The number of hydrogen-bond donors (Lipinski definition) is 1. The molecule has 1 N–H and O–H groups in total. The maximum atomic E-state index is 10.7. The molecule has 1 aliphatic heterocycles. The SMILES string of the molecule is COc1ccc2c(c1)O[C@H](C(=O)O)C2. The largest absolute Gasteiger partial charge is 0.497 e. The fraction of sp³-hybridized carbons (Fsp3) is 0.300. The van der Waals surface area contributed by atoms with Crippen molar-refractivity contribution in [2.24, 2.45) is 0 Å². The van der Waals surface area contributed by atoms with Gasteiger partial charge in [-0.15, -0.1) is 0 Å². The van der Waals surface area contributed by atoms with Gasteiger partial charge in [-0.25, -0.2) is 4.79 Å². The number of hydrogen-bond acceptors (Lipinski definition) is 3. The van der Waals surface area contributed by atoms with Crippen LogP contribution in [0.4, 0.5) is 0 Å². The van der Waals surface area contributed by atoms with E-state index in [0.717, 1.165) is 5.56 Å². The molecule has 0 saturated carbocycles. The molecule has 14 heavy (non-hydrogen) atoms. The predicted molar refractivity (Wildman–Crippen MR) is 48.7 cm³/mol. The van der Waals surface area contributed by atoms with Gasteiger partial charge in [0, 0.05) is 12.5 Å². The van der Waals surface area contributed by atoms with E-state index in [1.165, 1.54) is 0 Å². The lowest BCUT2D eigenvalue weighted by molar-refractivity contribution is -0.144. The molecule has 0 unspecified atom stereocenters. The highest BCUT2D eigenvalue weighted by molar-refractivity contribution is 5.74. The lowest BCUT2D eigenvalue weighted by atomic mass is 10.1. The second-order valence-electron chi connectivity index (χ2n) is 3.12. The van der Waals surface area contributed by atoms with Gasteiger partial charge >= 0.3 is 5.97 Å². The van der Waals surface area contributed by atoms with Crippen LogP contribution in [0.25, 0.3) is 0 Å². The van der Waals surface area contributed by atoms with Crippen LogP contribution >= 0.6 is 0 Å². The summed E-state index contributed by atoms with van der Waals surface area (Å²) < 4.78 is 10.2.